The number of aryl methyl sites for hydroxylation is 1. The summed E-state index contributed by atoms with van der Waals surface area (Å²) in [6, 6.07) is 0.826. The fourth-order valence-corrected chi connectivity index (χ4v) is 2.97. The van der Waals surface area contributed by atoms with Gasteiger partial charge in [-0.05, 0) is 19.4 Å². The van der Waals surface area contributed by atoms with Crippen LogP contribution in [0.4, 0.5) is 0 Å². The molecule has 1 unspecified atom stereocenters. The van der Waals surface area contributed by atoms with Crippen LogP contribution in [0.15, 0.2) is 12.4 Å². The fourth-order valence-electron chi connectivity index (χ4n) is 2.97. The van der Waals surface area contributed by atoms with Gasteiger partial charge in [0.25, 0.3) is 0 Å². The second-order valence-electron chi connectivity index (χ2n) is 5.43. The Balaban J connectivity index is 1.92. The number of likely N-dealkylation sites (N-methyl/N-ethyl adjacent to an activating group) is 1. The van der Waals surface area contributed by atoms with Crippen LogP contribution in [0.3, 0.4) is 0 Å². The van der Waals surface area contributed by atoms with Gasteiger partial charge in [-0.3, -0.25) is 9.58 Å². The lowest BCUT2D eigenvalue weighted by atomic mass is 9.93. The molecule has 1 fully saturated rings. The molecule has 0 spiro atoms. The SMILES string of the molecule is CCN(CC(N)c1cnn(C)c1)C1CCCCC1. The second-order valence-corrected chi connectivity index (χ2v) is 5.43. The molecule has 0 aliphatic heterocycles. The molecule has 1 aliphatic carbocycles. The summed E-state index contributed by atoms with van der Waals surface area (Å²) in [5.41, 5.74) is 7.44. The van der Waals surface area contributed by atoms with Crippen molar-refractivity contribution in [1.82, 2.24) is 14.7 Å². The molecule has 2 N–H and O–H groups in total. The molecule has 0 amide bonds. The van der Waals surface area contributed by atoms with Crippen molar-refractivity contribution in [3.05, 3.63) is 18.0 Å². The van der Waals surface area contributed by atoms with E-state index in [1.165, 1.54) is 32.1 Å². The molecule has 18 heavy (non-hydrogen) atoms. The van der Waals surface area contributed by atoms with Crippen LogP contribution in [0.5, 0.6) is 0 Å². The van der Waals surface area contributed by atoms with Gasteiger partial charge in [0.05, 0.1) is 6.20 Å². The molecule has 0 radical (unpaired) electrons. The minimum Gasteiger partial charge on any atom is -0.323 e. The second kappa shape index (κ2) is 6.34. The standard InChI is InChI=1S/C14H26N4/c1-3-18(13-7-5-4-6-8-13)11-14(15)12-9-16-17(2)10-12/h9-10,13-14H,3-8,11,15H2,1-2H3. The lowest BCUT2D eigenvalue weighted by Gasteiger charge is -2.35. The Bertz CT molecular complexity index is 354. The largest absolute Gasteiger partial charge is 0.323 e. The van der Waals surface area contributed by atoms with Gasteiger partial charge >= 0.3 is 0 Å². The van der Waals surface area contributed by atoms with Gasteiger partial charge < -0.3 is 5.73 Å². The number of nitrogens with two attached hydrogens (primary N) is 1. The molecule has 102 valence electrons. The van der Waals surface area contributed by atoms with Crippen LogP contribution in [-0.2, 0) is 7.05 Å². The number of rotatable bonds is 5. The Kier molecular flexibility index (Phi) is 4.78. The summed E-state index contributed by atoms with van der Waals surface area (Å²) in [4.78, 5) is 2.55. The normalized spacial score (nSPS) is 19.3. The molecule has 2 rings (SSSR count). The van der Waals surface area contributed by atoms with Gasteiger partial charge in [0.15, 0.2) is 0 Å². The maximum atomic E-state index is 6.30. The molecule has 1 aliphatic rings. The van der Waals surface area contributed by atoms with Crippen molar-refractivity contribution in [3.8, 4) is 0 Å². The van der Waals surface area contributed by atoms with Crippen molar-refractivity contribution in [3.63, 3.8) is 0 Å². The third-order valence-corrected chi connectivity index (χ3v) is 4.08. The van der Waals surface area contributed by atoms with Gasteiger partial charge in [0.1, 0.15) is 0 Å². The first-order valence-electron chi connectivity index (χ1n) is 7.19. The van der Waals surface area contributed by atoms with E-state index in [9.17, 15) is 0 Å². The quantitative estimate of drug-likeness (QED) is 0.870. The molecule has 0 saturated heterocycles. The summed E-state index contributed by atoms with van der Waals surface area (Å²) in [6.45, 7) is 4.29. The van der Waals surface area contributed by atoms with E-state index in [4.69, 9.17) is 5.73 Å². The maximum Gasteiger partial charge on any atom is 0.0537 e. The number of aromatic nitrogens is 2. The first kappa shape index (κ1) is 13.6. The molecule has 0 bridgehead atoms. The van der Waals surface area contributed by atoms with Gasteiger partial charge in [0, 0.05) is 37.4 Å². The Morgan fingerprint density at radius 2 is 2.17 bits per heavy atom. The zero-order chi connectivity index (χ0) is 13.0. The molecule has 1 aromatic heterocycles. The monoisotopic (exact) mass is 250 g/mol. The smallest absolute Gasteiger partial charge is 0.0537 e. The third kappa shape index (κ3) is 3.33. The Morgan fingerprint density at radius 3 is 2.72 bits per heavy atom. The minimum absolute atomic E-state index is 0.0839. The van der Waals surface area contributed by atoms with Crippen molar-refractivity contribution in [2.75, 3.05) is 13.1 Å². The summed E-state index contributed by atoms with van der Waals surface area (Å²) in [5, 5.41) is 4.20. The molecule has 4 nitrogen and oxygen atoms in total. The zero-order valence-corrected chi connectivity index (χ0v) is 11.7. The van der Waals surface area contributed by atoms with Gasteiger partial charge in [0.2, 0.25) is 0 Å². The van der Waals surface area contributed by atoms with E-state index in [-0.39, 0.29) is 6.04 Å². The van der Waals surface area contributed by atoms with Crippen LogP contribution in [0.25, 0.3) is 0 Å². The van der Waals surface area contributed by atoms with E-state index in [2.05, 4.69) is 16.9 Å². The van der Waals surface area contributed by atoms with Crippen LogP contribution in [0, 0.1) is 0 Å². The molecule has 1 saturated carbocycles. The van der Waals surface area contributed by atoms with Crippen LogP contribution in [0.1, 0.15) is 50.6 Å². The zero-order valence-electron chi connectivity index (χ0n) is 11.7. The van der Waals surface area contributed by atoms with E-state index in [1.807, 2.05) is 24.1 Å². The summed E-state index contributed by atoms with van der Waals surface area (Å²) < 4.78 is 1.83. The first-order chi connectivity index (χ1) is 8.70. The lowest BCUT2D eigenvalue weighted by Crippen LogP contribution is -2.41. The van der Waals surface area contributed by atoms with Crippen LogP contribution >= 0.6 is 0 Å². The van der Waals surface area contributed by atoms with Crippen LogP contribution < -0.4 is 5.73 Å². The number of nitrogens with zero attached hydrogens (tertiary/aromatic N) is 3. The van der Waals surface area contributed by atoms with E-state index < -0.39 is 0 Å². The highest BCUT2D eigenvalue weighted by Crippen LogP contribution is 2.24. The molecule has 1 atom stereocenters. The molecular formula is C14H26N4. The van der Waals surface area contributed by atoms with Gasteiger partial charge in [-0.1, -0.05) is 26.2 Å². The van der Waals surface area contributed by atoms with Crippen molar-refractivity contribution in [1.29, 1.82) is 0 Å². The topological polar surface area (TPSA) is 47.1 Å². The van der Waals surface area contributed by atoms with E-state index in [0.717, 1.165) is 24.7 Å². The average molecular weight is 250 g/mol. The van der Waals surface area contributed by atoms with Gasteiger partial charge in [-0.25, -0.2) is 0 Å². The van der Waals surface area contributed by atoms with Crippen LogP contribution in [-0.4, -0.2) is 33.8 Å². The Hall–Kier alpha value is -0.870. The Labute approximate surface area is 110 Å². The highest BCUT2D eigenvalue weighted by atomic mass is 15.2. The predicted molar refractivity (Wildman–Crippen MR) is 74.3 cm³/mol. The van der Waals surface area contributed by atoms with Crippen molar-refractivity contribution < 1.29 is 0 Å². The van der Waals surface area contributed by atoms with Crippen LogP contribution in [0.2, 0.25) is 0 Å². The van der Waals surface area contributed by atoms with Crippen molar-refractivity contribution >= 4 is 0 Å². The highest BCUT2D eigenvalue weighted by molar-refractivity contribution is 5.10. The molecule has 0 aromatic carbocycles. The first-order valence-corrected chi connectivity index (χ1v) is 7.19. The summed E-state index contributed by atoms with van der Waals surface area (Å²) in [7, 11) is 1.94. The number of hydrogen-bond acceptors (Lipinski definition) is 3. The van der Waals surface area contributed by atoms with E-state index >= 15 is 0 Å². The Morgan fingerprint density at radius 1 is 1.44 bits per heavy atom. The molecule has 1 heterocycles. The summed E-state index contributed by atoms with van der Waals surface area (Å²) in [6.07, 6.45) is 10.8. The molecule has 1 aromatic rings. The third-order valence-electron chi connectivity index (χ3n) is 4.08. The van der Waals surface area contributed by atoms with Crippen molar-refractivity contribution in [2.45, 2.75) is 51.1 Å². The number of hydrogen-bond donors (Lipinski definition) is 1. The van der Waals surface area contributed by atoms with E-state index in [1.54, 1.807) is 0 Å². The van der Waals surface area contributed by atoms with E-state index in [0.29, 0.717) is 0 Å². The lowest BCUT2D eigenvalue weighted by molar-refractivity contribution is 0.155. The average Bonchev–Trinajstić information content (AvgIpc) is 2.83. The summed E-state index contributed by atoms with van der Waals surface area (Å²) >= 11 is 0. The highest BCUT2D eigenvalue weighted by Gasteiger charge is 2.22. The predicted octanol–water partition coefficient (Wildman–Crippen LogP) is 2.07. The molecule has 4 heteroatoms. The summed E-state index contributed by atoms with van der Waals surface area (Å²) in [5.74, 6) is 0. The van der Waals surface area contributed by atoms with Gasteiger partial charge in [-0.2, -0.15) is 5.10 Å². The van der Waals surface area contributed by atoms with Gasteiger partial charge in [-0.15, -0.1) is 0 Å². The minimum atomic E-state index is 0.0839. The fraction of sp³-hybridized carbons (Fsp3) is 0.786. The van der Waals surface area contributed by atoms with Crippen molar-refractivity contribution in [2.24, 2.45) is 12.8 Å². The molecular weight excluding hydrogens is 224 g/mol. The maximum absolute atomic E-state index is 6.30.